The molecule has 0 amide bonds. The summed E-state index contributed by atoms with van der Waals surface area (Å²) < 4.78 is 33.1. The van der Waals surface area contributed by atoms with Crippen LogP contribution in [0.25, 0.3) is 0 Å². The van der Waals surface area contributed by atoms with Gasteiger partial charge in [0, 0.05) is 26.6 Å². The second-order valence-electron chi connectivity index (χ2n) is 6.31. The Morgan fingerprint density at radius 3 is 2.70 bits per heavy atom. The van der Waals surface area contributed by atoms with Crippen LogP contribution in [0.3, 0.4) is 0 Å². The van der Waals surface area contributed by atoms with E-state index in [4.69, 9.17) is 4.74 Å². The molecule has 1 fully saturated rings. The highest BCUT2D eigenvalue weighted by Gasteiger charge is 2.36. The van der Waals surface area contributed by atoms with Crippen molar-refractivity contribution in [1.29, 1.82) is 0 Å². The van der Waals surface area contributed by atoms with Crippen molar-refractivity contribution in [2.24, 2.45) is 7.05 Å². The lowest BCUT2D eigenvalue weighted by Gasteiger charge is -2.32. The molecule has 1 saturated heterocycles. The molecule has 130 valence electrons. The summed E-state index contributed by atoms with van der Waals surface area (Å²) in [6.45, 7) is 4.57. The zero-order valence-electron chi connectivity index (χ0n) is 13.8. The highest BCUT2D eigenvalue weighted by atomic mass is 32.2. The first-order valence-corrected chi connectivity index (χ1v) is 9.97. The van der Waals surface area contributed by atoms with E-state index in [0.717, 1.165) is 31.0 Å². The van der Waals surface area contributed by atoms with Crippen LogP contribution in [0.4, 0.5) is 0 Å². The van der Waals surface area contributed by atoms with Gasteiger partial charge in [-0.1, -0.05) is 5.21 Å². The minimum absolute atomic E-state index is 0.326. The molecule has 0 radical (unpaired) electrons. The first-order valence-electron chi connectivity index (χ1n) is 8.12. The van der Waals surface area contributed by atoms with Crippen LogP contribution >= 0.6 is 0 Å². The minimum Gasteiger partial charge on any atom is -0.378 e. The summed E-state index contributed by atoms with van der Waals surface area (Å²) in [6, 6.07) is -0.374. The zero-order valence-corrected chi connectivity index (χ0v) is 14.6. The van der Waals surface area contributed by atoms with Gasteiger partial charge in [0.2, 0.25) is 10.0 Å². The topological polar surface area (TPSA) is 80.6 Å². The van der Waals surface area contributed by atoms with Crippen LogP contribution in [0.2, 0.25) is 0 Å². The number of sulfonamides is 1. The smallest absolute Gasteiger partial charge is 0.211 e. The fourth-order valence-corrected chi connectivity index (χ4v) is 4.45. The van der Waals surface area contributed by atoms with Crippen LogP contribution in [0.15, 0.2) is 0 Å². The fraction of sp³-hybridized carbons (Fsp3) is 0.857. The quantitative estimate of drug-likeness (QED) is 0.665. The largest absolute Gasteiger partial charge is 0.378 e. The Kier molecular flexibility index (Phi) is 5.00. The first kappa shape index (κ1) is 16.8. The maximum absolute atomic E-state index is 12.1. The summed E-state index contributed by atoms with van der Waals surface area (Å²) in [5.74, 6) is 0. The van der Waals surface area contributed by atoms with E-state index >= 15 is 0 Å². The fourth-order valence-electron chi connectivity index (χ4n) is 3.40. The average Bonchev–Trinajstić information content (AvgIpc) is 3.13. The Balaban J connectivity index is 1.65. The van der Waals surface area contributed by atoms with E-state index in [2.05, 4.69) is 15.2 Å². The highest BCUT2D eigenvalue weighted by molar-refractivity contribution is 7.88. The van der Waals surface area contributed by atoms with Gasteiger partial charge in [0.15, 0.2) is 0 Å². The molecule has 0 saturated carbocycles. The van der Waals surface area contributed by atoms with Crippen molar-refractivity contribution in [1.82, 2.24) is 24.2 Å². The van der Waals surface area contributed by atoms with Crippen LogP contribution in [-0.2, 0) is 28.2 Å². The average molecular weight is 343 g/mol. The molecule has 0 bridgehead atoms. The van der Waals surface area contributed by atoms with Gasteiger partial charge in [-0.25, -0.2) is 8.42 Å². The van der Waals surface area contributed by atoms with Crippen molar-refractivity contribution in [2.75, 3.05) is 45.6 Å². The molecule has 2 aliphatic rings. The molecule has 0 aliphatic carbocycles. The second kappa shape index (κ2) is 6.84. The van der Waals surface area contributed by atoms with Gasteiger partial charge >= 0.3 is 0 Å². The van der Waals surface area contributed by atoms with E-state index in [1.807, 2.05) is 7.05 Å². The zero-order chi connectivity index (χ0) is 16.4. The summed E-state index contributed by atoms with van der Waals surface area (Å²) in [4.78, 5) is 2.38. The summed E-state index contributed by atoms with van der Waals surface area (Å²) in [7, 11) is -1.45. The Morgan fingerprint density at radius 1 is 1.26 bits per heavy atom. The molecule has 0 unspecified atom stereocenters. The third kappa shape index (κ3) is 3.73. The maximum Gasteiger partial charge on any atom is 0.211 e. The van der Waals surface area contributed by atoms with Crippen LogP contribution in [-0.4, -0.2) is 78.3 Å². The van der Waals surface area contributed by atoms with Crippen molar-refractivity contribution >= 4 is 10.0 Å². The molecule has 9 heteroatoms. The van der Waals surface area contributed by atoms with E-state index in [-0.39, 0.29) is 6.04 Å². The number of ether oxygens (including phenoxy) is 1. The lowest BCUT2D eigenvalue weighted by atomic mass is 10.1. The molecular weight excluding hydrogens is 318 g/mol. The molecule has 0 N–H and O–H groups in total. The number of hydrogen-bond donors (Lipinski definition) is 0. The maximum atomic E-state index is 12.1. The van der Waals surface area contributed by atoms with E-state index < -0.39 is 10.0 Å². The Bertz CT molecular complexity index is 639. The summed E-state index contributed by atoms with van der Waals surface area (Å²) in [5, 5.41) is 8.21. The Morgan fingerprint density at radius 2 is 2.00 bits per heavy atom. The molecule has 0 aromatic carbocycles. The molecule has 1 aromatic heterocycles. The minimum atomic E-state index is -3.30. The molecule has 2 aliphatic heterocycles. The lowest BCUT2D eigenvalue weighted by Crippen LogP contribution is -2.42. The van der Waals surface area contributed by atoms with Crippen molar-refractivity contribution in [3.63, 3.8) is 0 Å². The predicted octanol–water partition coefficient (Wildman–Crippen LogP) is -0.214. The van der Waals surface area contributed by atoms with Crippen LogP contribution in [0.5, 0.6) is 0 Å². The van der Waals surface area contributed by atoms with Crippen molar-refractivity contribution in [2.45, 2.75) is 25.3 Å². The second-order valence-corrected chi connectivity index (χ2v) is 8.24. The Hall–Kier alpha value is -1.03. The summed E-state index contributed by atoms with van der Waals surface area (Å²) in [5.41, 5.74) is 1.73. The number of rotatable bonds is 6. The molecular formula is C14H25N5O3S. The van der Waals surface area contributed by atoms with Gasteiger partial charge in [-0.3, -0.25) is 4.68 Å². The number of aryl methyl sites for hydroxylation is 1. The van der Waals surface area contributed by atoms with Gasteiger partial charge in [0.25, 0.3) is 0 Å². The summed E-state index contributed by atoms with van der Waals surface area (Å²) in [6.07, 6.45) is 4.39. The molecule has 8 nitrogen and oxygen atoms in total. The van der Waals surface area contributed by atoms with Gasteiger partial charge in [0.05, 0.1) is 31.2 Å². The number of hydrogen-bond acceptors (Lipinski definition) is 6. The third-order valence-corrected chi connectivity index (χ3v) is 5.95. The normalized spacial score (nSPS) is 23.3. The number of likely N-dealkylation sites (tertiary alicyclic amines) is 1. The predicted molar refractivity (Wildman–Crippen MR) is 85.5 cm³/mol. The van der Waals surface area contributed by atoms with Gasteiger partial charge in [-0.2, -0.15) is 4.31 Å². The number of nitrogens with zero attached hydrogens (tertiary/aromatic N) is 5. The standard InChI is InChI=1S/C14H25N5O3S/c1-17-12-5-8-19(23(2,20)21)13(14(12)15-16-17)11-22-10-9-18-6-3-4-7-18/h13H,3-11H2,1-2H3/t13-/m0/s1. The van der Waals surface area contributed by atoms with Crippen LogP contribution in [0, 0.1) is 0 Å². The Labute approximate surface area is 137 Å². The molecule has 3 rings (SSSR count). The van der Waals surface area contributed by atoms with Gasteiger partial charge in [0.1, 0.15) is 5.69 Å². The van der Waals surface area contributed by atoms with E-state index in [1.165, 1.54) is 23.4 Å². The molecule has 0 spiro atoms. The third-order valence-electron chi connectivity index (χ3n) is 4.66. The SMILES string of the molecule is Cn1nnc2c1CCN(S(C)(=O)=O)[C@H]2COCCN1CCCC1. The van der Waals surface area contributed by atoms with E-state index in [9.17, 15) is 8.42 Å². The van der Waals surface area contributed by atoms with Crippen molar-refractivity contribution < 1.29 is 13.2 Å². The van der Waals surface area contributed by atoms with E-state index in [1.54, 1.807) is 4.68 Å². The van der Waals surface area contributed by atoms with Crippen LogP contribution in [0.1, 0.15) is 30.3 Å². The lowest BCUT2D eigenvalue weighted by molar-refractivity contribution is 0.0698. The molecule has 23 heavy (non-hydrogen) atoms. The molecule has 3 heterocycles. The van der Waals surface area contributed by atoms with Crippen molar-refractivity contribution in [3.8, 4) is 0 Å². The van der Waals surface area contributed by atoms with E-state index in [0.29, 0.717) is 26.2 Å². The van der Waals surface area contributed by atoms with Crippen molar-refractivity contribution in [3.05, 3.63) is 11.4 Å². The highest BCUT2D eigenvalue weighted by Crippen LogP contribution is 2.29. The van der Waals surface area contributed by atoms with Crippen LogP contribution < -0.4 is 0 Å². The first-order chi connectivity index (χ1) is 11.0. The van der Waals surface area contributed by atoms with Gasteiger partial charge in [-0.15, -0.1) is 5.10 Å². The number of fused-ring (bicyclic) bond motifs is 1. The van der Waals surface area contributed by atoms with Gasteiger partial charge < -0.3 is 9.64 Å². The summed E-state index contributed by atoms with van der Waals surface area (Å²) >= 11 is 0. The number of aromatic nitrogens is 3. The van der Waals surface area contributed by atoms with Gasteiger partial charge in [-0.05, 0) is 25.9 Å². The molecule has 1 atom stereocenters. The molecule has 1 aromatic rings. The monoisotopic (exact) mass is 343 g/mol.